The standard InChI is InChI=1S/C19H24N4O2S/c1-3-23-18-12-14(2)4-7-16(18)17(13-20)19(23)21-8-10-22(11-9-21)26(24,25)15-5-6-15/h4,7,12,15H,3,5-6,8-11H2,1-2H3. The zero-order chi connectivity index (χ0) is 18.5. The number of nitriles is 1. The van der Waals surface area contributed by atoms with E-state index in [4.69, 9.17) is 0 Å². The highest BCUT2D eigenvalue weighted by Gasteiger charge is 2.41. The summed E-state index contributed by atoms with van der Waals surface area (Å²) in [6.07, 6.45) is 1.59. The lowest BCUT2D eigenvalue weighted by atomic mass is 10.1. The summed E-state index contributed by atoms with van der Waals surface area (Å²) in [5.41, 5.74) is 2.94. The zero-order valence-electron chi connectivity index (χ0n) is 15.3. The lowest BCUT2D eigenvalue weighted by Crippen LogP contribution is -2.50. The van der Waals surface area contributed by atoms with Crippen LogP contribution < -0.4 is 4.90 Å². The Hall–Kier alpha value is -2.04. The van der Waals surface area contributed by atoms with Gasteiger partial charge in [-0.2, -0.15) is 9.57 Å². The first kappa shape index (κ1) is 17.4. The molecule has 0 N–H and O–H groups in total. The van der Waals surface area contributed by atoms with Crippen molar-refractivity contribution in [2.75, 3.05) is 31.1 Å². The molecule has 6 nitrogen and oxygen atoms in total. The topological polar surface area (TPSA) is 69.3 Å². The molecule has 1 aliphatic heterocycles. The molecule has 1 aliphatic carbocycles. The van der Waals surface area contributed by atoms with Gasteiger partial charge in [0.2, 0.25) is 10.0 Å². The first-order valence-electron chi connectivity index (χ1n) is 9.24. The van der Waals surface area contributed by atoms with Gasteiger partial charge >= 0.3 is 0 Å². The molecule has 1 aromatic carbocycles. The Morgan fingerprint density at radius 1 is 1.19 bits per heavy atom. The molecule has 2 fully saturated rings. The monoisotopic (exact) mass is 372 g/mol. The Balaban J connectivity index is 1.68. The molecular formula is C19H24N4O2S. The predicted octanol–water partition coefficient (Wildman–Crippen LogP) is 2.46. The van der Waals surface area contributed by atoms with Gasteiger partial charge in [-0.25, -0.2) is 8.42 Å². The highest BCUT2D eigenvalue weighted by atomic mass is 32.2. The van der Waals surface area contributed by atoms with Crippen LogP contribution in [0.3, 0.4) is 0 Å². The van der Waals surface area contributed by atoms with Gasteiger partial charge in [-0.05, 0) is 38.3 Å². The van der Waals surface area contributed by atoms with Crippen LogP contribution in [0.5, 0.6) is 0 Å². The third-order valence-electron chi connectivity index (χ3n) is 5.46. The molecule has 0 spiro atoms. The van der Waals surface area contributed by atoms with Crippen molar-refractivity contribution in [3.05, 3.63) is 29.3 Å². The zero-order valence-corrected chi connectivity index (χ0v) is 16.1. The van der Waals surface area contributed by atoms with Gasteiger partial charge in [0.05, 0.1) is 10.8 Å². The fraction of sp³-hybridized carbons (Fsp3) is 0.526. The molecule has 138 valence electrons. The van der Waals surface area contributed by atoms with Crippen molar-refractivity contribution >= 4 is 26.7 Å². The average Bonchev–Trinajstić information content (AvgIpc) is 3.45. The van der Waals surface area contributed by atoms with Crippen molar-refractivity contribution in [3.63, 3.8) is 0 Å². The van der Waals surface area contributed by atoms with Crippen LogP contribution in [0.25, 0.3) is 10.9 Å². The molecule has 0 atom stereocenters. The quantitative estimate of drug-likeness (QED) is 0.827. The van der Waals surface area contributed by atoms with E-state index in [1.165, 1.54) is 5.56 Å². The molecule has 2 heterocycles. The van der Waals surface area contributed by atoms with Crippen LogP contribution in [0.2, 0.25) is 0 Å². The minimum absolute atomic E-state index is 0.159. The molecule has 1 saturated heterocycles. The minimum Gasteiger partial charge on any atom is -0.354 e. The van der Waals surface area contributed by atoms with E-state index in [1.54, 1.807) is 4.31 Å². The average molecular weight is 372 g/mol. The molecule has 2 aromatic rings. The summed E-state index contributed by atoms with van der Waals surface area (Å²) in [6.45, 7) is 7.14. The minimum atomic E-state index is -3.12. The Kier molecular flexibility index (Phi) is 4.20. The maximum absolute atomic E-state index is 12.5. The van der Waals surface area contributed by atoms with E-state index < -0.39 is 10.0 Å². The van der Waals surface area contributed by atoms with Gasteiger partial charge in [0.1, 0.15) is 17.5 Å². The van der Waals surface area contributed by atoms with Gasteiger partial charge in [0, 0.05) is 38.1 Å². The van der Waals surface area contributed by atoms with E-state index in [0.29, 0.717) is 31.7 Å². The molecule has 1 saturated carbocycles. The van der Waals surface area contributed by atoms with E-state index in [-0.39, 0.29) is 5.25 Å². The Morgan fingerprint density at radius 2 is 1.88 bits per heavy atom. The van der Waals surface area contributed by atoms with Gasteiger partial charge < -0.3 is 9.47 Å². The maximum Gasteiger partial charge on any atom is 0.217 e. The number of aromatic nitrogens is 1. The molecule has 4 rings (SSSR count). The molecule has 2 aliphatic rings. The van der Waals surface area contributed by atoms with Gasteiger partial charge in [-0.1, -0.05) is 12.1 Å². The van der Waals surface area contributed by atoms with Crippen molar-refractivity contribution in [1.82, 2.24) is 8.87 Å². The fourth-order valence-corrected chi connectivity index (χ4v) is 5.76. The molecule has 0 amide bonds. The SMILES string of the molecule is CCn1c(N2CCN(S(=O)(=O)C3CC3)CC2)c(C#N)c2ccc(C)cc21. The van der Waals surface area contributed by atoms with Gasteiger partial charge in [0.25, 0.3) is 0 Å². The summed E-state index contributed by atoms with van der Waals surface area (Å²) >= 11 is 0. The van der Waals surface area contributed by atoms with E-state index in [0.717, 1.165) is 36.1 Å². The molecular weight excluding hydrogens is 348 g/mol. The number of sulfonamides is 1. The van der Waals surface area contributed by atoms with Gasteiger partial charge in [-0.3, -0.25) is 0 Å². The summed E-state index contributed by atoms with van der Waals surface area (Å²) in [7, 11) is -3.12. The lowest BCUT2D eigenvalue weighted by molar-refractivity contribution is 0.381. The molecule has 0 unspecified atom stereocenters. The van der Waals surface area contributed by atoms with Gasteiger partial charge in [0.15, 0.2) is 0 Å². The highest BCUT2D eigenvalue weighted by molar-refractivity contribution is 7.90. The second-order valence-electron chi connectivity index (χ2n) is 7.21. The summed E-state index contributed by atoms with van der Waals surface area (Å²) < 4.78 is 28.8. The second-order valence-corrected chi connectivity index (χ2v) is 9.42. The van der Waals surface area contributed by atoms with E-state index in [2.05, 4.69) is 35.5 Å². The van der Waals surface area contributed by atoms with Crippen LogP contribution in [0.1, 0.15) is 30.9 Å². The summed E-state index contributed by atoms with van der Waals surface area (Å²) in [4.78, 5) is 2.18. The number of aryl methyl sites for hydroxylation is 2. The molecule has 0 radical (unpaired) electrons. The molecule has 7 heteroatoms. The highest BCUT2D eigenvalue weighted by Crippen LogP contribution is 2.35. The Morgan fingerprint density at radius 3 is 2.46 bits per heavy atom. The smallest absolute Gasteiger partial charge is 0.217 e. The maximum atomic E-state index is 12.5. The van der Waals surface area contributed by atoms with Crippen molar-refractivity contribution in [2.24, 2.45) is 0 Å². The first-order chi connectivity index (χ1) is 12.5. The van der Waals surface area contributed by atoms with E-state index in [1.807, 2.05) is 12.1 Å². The van der Waals surface area contributed by atoms with Crippen LogP contribution in [0.15, 0.2) is 18.2 Å². The van der Waals surface area contributed by atoms with Crippen molar-refractivity contribution in [2.45, 2.75) is 38.5 Å². The number of anilines is 1. The predicted molar refractivity (Wildman–Crippen MR) is 103 cm³/mol. The first-order valence-corrected chi connectivity index (χ1v) is 10.7. The van der Waals surface area contributed by atoms with Crippen molar-refractivity contribution in [3.8, 4) is 6.07 Å². The largest absolute Gasteiger partial charge is 0.354 e. The number of rotatable bonds is 4. The Bertz CT molecular complexity index is 991. The summed E-state index contributed by atoms with van der Waals surface area (Å²) in [5, 5.41) is 10.6. The Labute approximate surface area is 154 Å². The molecule has 1 aromatic heterocycles. The fourth-order valence-electron chi connectivity index (χ4n) is 3.94. The molecule has 0 bridgehead atoms. The number of benzene rings is 1. The van der Waals surface area contributed by atoms with Crippen LogP contribution in [0.4, 0.5) is 5.82 Å². The number of piperazine rings is 1. The third kappa shape index (κ3) is 2.68. The lowest BCUT2D eigenvalue weighted by Gasteiger charge is -2.36. The number of fused-ring (bicyclic) bond motifs is 1. The van der Waals surface area contributed by atoms with E-state index >= 15 is 0 Å². The van der Waals surface area contributed by atoms with Crippen LogP contribution >= 0.6 is 0 Å². The normalized spacial score (nSPS) is 19.0. The third-order valence-corrected chi connectivity index (χ3v) is 7.86. The van der Waals surface area contributed by atoms with Crippen LogP contribution in [-0.2, 0) is 16.6 Å². The van der Waals surface area contributed by atoms with Crippen LogP contribution in [0, 0.1) is 18.3 Å². The second kappa shape index (κ2) is 6.29. The number of hydrogen-bond acceptors (Lipinski definition) is 4. The van der Waals surface area contributed by atoms with Crippen molar-refractivity contribution in [1.29, 1.82) is 5.26 Å². The summed E-state index contributed by atoms with van der Waals surface area (Å²) in [6, 6.07) is 8.56. The van der Waals surface area contributed by atoms with E-state index in [9.17, 15) is 13.7 Å². The van der Waals surface area contributed by atoms with Crippen molar-refractivity contribution < 1.29 is 8.42 Å². The van der Waals surface area contributed by atoms with Crippen LogP contribution in [-0.4, -0.2) is 48.7 Å². The van der Waals surface area contributed by atoms with Gasteiger partial charge in [-0.15, -0.1) is 0 Å². The summed E-state index contributed by atoms with van der Waals surface area (Å²) in [5.74, 6) is 0.930. The number of nitrogens with zero attached hydrogens (tertiary/aromatic N) is 4. The number of hydrogen-bond donors (Lipinski definition) is 0. The molecule has 26 heavy (non-hydrogen) atoms.